The van der Waals surface area contributed by atoms with Crippen molar-refractivity contribution in [3.8, 4) is 21.8 Å². The van der Waals surface area contributed by atoms with Gasteiger partial charge in [-0.3, -0.25) is 4.98 Å². The van der Waals surface area contributed by atoms with Crippen molar-refractivity contribution in [1.82, 2.24) is 9.97 Å². The lowest BCUT2D eigenvalue weighted by Gasteiger charge is -2.06. The maximum absolute atomic E-state index is 4.86. The fraction of sp³-hybridized carbons (Fsp3) is 0.0526. The fourth-order valence-corrected chi connectivity index (χ4v) is 3.70. The average molecular weight is 302 g/mol. The van der Waals surface area contributed by atoms with Crippen molar-refractivity contribution in [2.45, 2.75) is 6.92 Å². The Kier molecular flexibility index (Phi) is 3.20. The number of nitrogens with zero attached hydrogens (tertiary/aromatic N) is 2. The summed E-state index contributed by atoms with van der Waals surface area (Å²) in [4.78, 5) is 9.34. The van der Waals surface area contributed by atoms with Crippen molar-refractivity contribution in [1.29, 1.82) is 0 Å². The van der Waals surface area contributed by atoms with Crippen LogP contribution < -0.4 is 0 Å². The van der Waals surface area contributed by atoms with Crippen molar-refractivity contribution in [3.05, 3.63) is 72.4 Å². The first-order valence-electron chi connectivity index (χ1n) is 7.20. The summed E-state index contributed by atoms with van der Waals surface area (Å²) in [7, 11) is 0. The van der Waals surface area contributed by atoms with Crippen LogP contribution in [0.5, 0.6) is 0 Å². The topological polar surface area (TPSA) is 25.8 Å². The zero-order chi connectivity index (χ0) is 14.9. The Hall–Kier alpha value is -2.52. The lowest BCUT2D eigenvalue weighted by molar-refractivity contribution is 1.32. The van der Waals surface area contributed by atoms with Gasteiger partial charge >= 0.3 is 0 Å². The van der Waals surface area contributed by atoms with Gasteiger partial charge in [0.25, 0.3) is 0 Å². The Balaban J connectivity index is 1.94. The van der Waals surface area contributed by atoms with Crippen LogP contribution in [0, 0.1) is 6.92 Å². The molecule has 3 heteroatoms. The lowest BCUT2D eigenvalue weighted by Crippen LogP contribution is -1.86. The summed E-state index contributed by atoms with van der Waals surface area (Å²) in [5.41, 5.74) is 5.56. The molecule has 22 heavy (non-hydrogen) atoms. The van der Waals surface area contributed by atoms with Crippen molar-refractivity contribution in [2.75, 3.05) is 0 Å². The number of benzene rings is 2. The van der Waals surface area contributed by atoms with Gasteiger partial charge in [-0.05, 0) is 30.7 Å². The molecule has 0 atom stereocenters. The molecule has 0 bridgehead atoms. The first kappa shape index (κ1) is 13.2. The molecule has 0 aliphatic carbocycles. The molecule has 106 valence electrons. The van der Waals surface area contributed by atoms with Crippen molar-refractivity contribution in [3.63, 3.8) is 0 Å². The summed E-state index contributed by atoms with van der Waals surface area (Å²) in [5.74, 6) is 0. The molecule has 0 N–H and O–H groups in total. The van der Waals surface area contributed by atoms with Gasteiger partial charge in [-0.15, -0.1) is 11.3 Å². The van der Waals surface area contributed by atoms with Crippen LogP contribution in [0.4, 0.5) is 0 Å². The van der Waals surface area contributed by atoms with Gasteiger partial charge in [-0.1, -0.05) is 42.5 Å². The van der Waals surface area contributed by atoms with E-state index in [1.165, 1.54) is 10.3 Å². The highest BCUT2D eigenvalue weighted by molar-refractivity contribution is 7.21. The van der Waals surface area contributed by atoms with Crippen LogP contribution in [-0.2, 0) is 0 Å². The summed E-state index contributed by atoms with van der Waals surface area (Å²) in [6.45, 7) is 2.11. The molecule has 4 rings (SSSR count). The van der Waals surface area contributed by atoms with Gasteiger partial charge < -0.3 is 0 Å². The average Bonchev–Trinajstić information content (AvgIpc) is 3.01. The normalized spacial score (nSPS) is 11.0. The summed E-state index contributed by atoms with van der Waals surface area (Å²) in [6.07, 6.45) is 1.83. The SMILES string of the molecule is Cc1cccc2sc(-c3ccccc3-c3ccccn3)nc12. The summed E-state index contributed by atoms with van der Waals surface area (Å²) < 4.78 is 1.23. The standard InChI is InChI=1S/C19H14N2S/c1-13-7-6-11-17-18(13)21-19(22-17)15-9-3-2-8-14(15)16-10-4-5-12-20-16/h2-12H,1H3. The molecule has 2 heterocycles. The molecule has 4 aromatic rings. The third-order valence-electron chi connectivity index (χ3n) is 3.72. The first-order chi connectivity index (χ1) is 10.8. The Labute approximate surface area is 133 Å². The summed E-state index contributed by atoms with van der Waals surface area (Å²) in [5, 5.41) is 1.05. The molecule has 0 spiro atoms. The first-order valence-corrected chi connectivity index (χ1v) is 8.01. The molecule has 0 aliphatic rings. The molecule has 2 aromatic heterocycles. The van der Waals surface area contributed by atoms with Crippen LogP contribution in [0.25, 0.3) is 32.0 Å². The molecule has 0 aliphatic heterocycles. The Morgan fingerprint density at radius 3 is 2.41 bits per heavy atom. The smallest absolute Gasteiger partial charge is 0.125 e. The van der Waals surface area contributed by atoms with E-state index in [2.05, 4.69) is 48.3 Å². The molecular weight excluding hydrogens is 288 g/mol. The molecule has 2 nitrogen and oxygen atoms in total. The van der Waals surface area contributed by atoms with E-state index >= 15 is 0 Å². The minimum Gasteiger partial charge on any atom is -0.256 e. The summed E-state index contributed by atoms with van der Waals surface area (Å²) in [6, 6.07) is 20.7. The van der Waals surface area contributed by atoms with Crippen LogP contribution in [0.15, 0.2) is 66.9 Å². The second-order valence-electron chi connectivity index (χ2n) is 5.20. The number of hydrogen-bond donors (Lipinski definition) is 0. The molecule has 0 fully saturated rings. The van der Waals surface area contributed by atoms with E-state index in [1.54, 1.807) is 11.3 Å². The van der Waals surface area contributed by atoms with E-state index in [9.17, 15) is 0 Å². The van der Waals surface area contributed by atoms with Gasteiger partial charge in [0.2, 0.25) is 0 Å². The van der Waals surface area contributed by atoms with Crippen LogP contribution >= 0.6 is 11.3 Å². The van der Waals surface area contributed by atoms with Crippen molar-refractivity contribution in [2.24, 2.45) is 0 Å². The Bertz CT molecular complexity index is 942. The van der Waals surface area contributed by atoms with Gasteiger partial charge in [0.15, 0.2) is 0 Å². The number of thiazole rings is 1. The molecule has 2 aromatic carbocycles. The zero-order valence-corrected chi connectivity index (χ0v) is 13.0. The molecule has 0 amide bonds. The predicted octanol–water partition coefficient (Wildman–Crippen LogP) is 5.33. The number of aromatic nitrogens is 2. The fourth-order valence-electron chi connectivity index (χ4n) is 2.62. The second kappa shape index (κ2) is 5.35. The maximum atomic E-state index is 4.86. The highest BCUT2D eigenvalue weighted by Gasteiger charge is 2.12. The number of pyridine rings is 1. The third kappa shape index (κ3) is 2.20. The van der Waals surface area contributed by atoms with Crippen LogP contribution in [0.2, 0.25) is 0 Å². The number of fused-ring (bicyclic) bond motifs is 1. The van der Waals surface area contributed by atoms with Gasteiger partial charge in [0.05, 0.1) is 15.9 Å². The monoisotopic (exact) mass is 302 g/mol. The second-order valence-corrected chi connectivity index (χ2v) is 6.23. The number of aryl methyl sites for hydroxylation is 1. The van der Waals surface area contributed by atoms with E-state index in [0.29, 0.717) is 0 Å². The minimum atomic E-state index is 0.981. The maximum Gasteiger partial charge on any atom is 0.125 e. The Morgan fingerprint density at radius 2 is 1.64 bits per heavy atom. The molecule has 0 radical (unpaired) electrons. The van der Waals surface area contributed by atoms with Crippen LogP contribution in [0.3, 0.4) is 0 Å². The van der Waals surface area contributed by atoms with Crippen molar-refractivity contribution < 1.29 is 0 Å². The highest BCUT2D eigenvalue weighted by Crippen LogP contribution is 2.36. The van der Waals surface area contributed by atoms with Gasteiger partial charge in [-0.2, -0.15) is 0 Å². The number of para-hydroxylation sites is 1. The largest absolute Gasteiger partial charge is 0.256 e. The lowest BCUT2D eigenvalue weighted by atomic mass is 10.0. The predicted molar refractivity (Wildman–Crippen MR) is 93.0 cm³/mol. The van der Waals surface area contributed by atoms with Gasteiger partial charge in [0.1, 0.15) is 5.01 Å². The summed E-state index contributed by atoms with van der Waals surface area (Å²) >= 11 is 1.73. The van der Waals surface area contributed by atoms with E-state index in [0.717, 1.165) is 27.3 Å². The number of rotatable bonds is 2. The molecule has 0 saturated carbocycles. The number of hydrogen-bond acceptors (Lipinski definition) is 3. The van der Waals surface area contributed by atoms with E-state index < -0.39 is 0 Å². The van der Waals surface area contributed by atoms with Gasteiger partial charge in [0, 0.05) is 17.3 Å². The highest BCUT2D eigenvalue weighted by atomic mass is 32.1. The zero-order valence-electron chi connectivity index (χ0n) is 12.2. The molecule has 0 unspecified atom stereocenters. The van der Waals surface area contributed by atoms with Crippen LogP contribution in [-0.4, -0.2) is 9.97 Å². The van der Waals surface area contributed by atoms with E-state index in [1.807, 2.05) is 30.5 Å². The molecular formula is C19H14N2S. The minimum absolute atomic E-state index is 0.981. The Morgan fingerprint density at radius 1 is 0.818 bits per heavy atom. The van der Waals surface area contributed by atoms with Crippen LogP contribution in [0.1, 0.15) is 5.56 Å². The third-order valence-corrected chi connectivity index (χ3v) is 4.77. The molecule has 0 saturated heterocycles. The van der Waals surface area contributed by atoms with Crippen molar-refractivity contribution >= 4 is 21.6 Å². The van der Waals surface area contributed by atoms with E-state index in [4.69, 9.17) is 4.98 Å². The quantitative estimate of drug-likeness (QED) is 0.500. The van der Waals surface area contributed by atoms with Gasteiger partial charge in [-0.25, -0.2) is 4.98 Å². The van der Waals surface area contributed by atoms with E-state index in [-0.39, 0.29) is 0 Å².